The number of carbonyl (C=O) groups is 1. The summed E-state index contributed by atoms with van der Waals surface area (Å²) in [5.41, 5.74) is 1.31. The van der Waals surface area contributed by atoms with Crippen molar-refractivity contribution in [1.29, 1.82) is 0 Å². The smallest absolute Gasteiger partial charge is 0.243 e. The lowest BCUT2D eigenvalue weighted by molar-refractivity contribution is -0.127. The number of piperidine rings is 1. The standard InChI is InChI=1S/C19H30N4O/c1-16-8-7-13-23(15-16)19(21-14-18(24)22(2)3)20-12-11-17-9-5-4-6-10-17/h4-6,9-10,16H,7-8,11-15H2,1-3H3,(H,20,21). The van der Waals surface area contributed by atoms with Crippen molar-refractivity contribution in [1.82, 2.24) is 15.1 Å². The van der Waals surface area contributed by atoms with E-state index in [0.717, 1.165) is 32.0 Å². The molecular formula is C19H30N4O. The van der Waals surface area contributed by atoms with E-state index in [2.05, 4.69) is 46.4 Å². The number of hydrogen-bond donors (Lipinski definition) is 1. The molecule has 0 spiro atoms. The molecule has 1 atom stereocenters. The minimum absolute atomic E-state index is 0.0300. The van der Waals surface area contributed by atoms with Crippen LogP contribution in [0.15, 0.2) is 35.3 Å². The number of hydrogen-bond acceptors (Lipinski definition) is 2. The fourth-order valence-corrected chi connectivity index (χ4v) is 2.90. The van der Waals surface area contributed by atoms with Gasteiger partial charge in [-0.3, -0.25) is 4.79 Å². The van der Waals surface area contributed by atoms with Gasteiger partial charge in [-0.2, -0.15) is 0 Å². The number of carbonyl (C=O) groups excluding carboxylic acids is 1. The van der Waals surface area contributed by atoms with E-state index in [1.165, 1.54) is 18.4 Å². The molecule has 0 saturated carbocycles. The van der Waals surface area contributed by atoms with Crippen molar-refractivity contribution in [3.8, 4) is 0 Å². The molecule has 0 radical (unpaired) electrons. The molecule has 5 nitrogen and oxygen atoms in total. The first-order valence-corrected chi connectivity index (χ1v) is 8.83. The Morgan fingerprint density at radius 2 is 2.08 bits per heavy atom. The van der Waals surface area contributed by atoms with Crippen LogP contribution in [0.2, 0.25) is 0 Å². The second-order valence-electron chi connectivity index (χ2n) is 6.78. The fraction of sp³-hybridized carbons (Fsp3) is 0.579. The summed E-state index contributed by atoms with van der Waals surface area (Å²) in [5, 5.41) is 3.46. The summed E-state index contributed by atoms with van der Waals surface area (Å²) < 4.78 is 0. The molecule has 1 aliphatic heterocycles. The van der Waals surface area contributed by atoms with Gasteiger partial charge in [-0.05, 0) is 30.7 Å². The van der Waals surface area contributed by atoms with Gasteiger partial charge in [0.2, 0.25) is 5.91 Å². The molecule has 24 heavy (non-hydrogen) atoms. The maximum atomic E-state index is 11.9. The van der Waals surface area contributed by atoms with Crippen molar-refractivity contribution >= 4 is 11.9 Å². The molecule has 1 heterocycles. The van der Waals surface area contributed by atoms with Crippen LogP contribution in [0.5, 0.6) is 0 Å². The summed E-state index contributed by atoms with van der Waals surface area (Å²) in [4.78, 5) is 20.3. The fourth-order valence-electron chi connectivity index (χ4n) is 2.90. The number of guanidine groups is 1. The van der Waals surface area contributed by atoms with Gasteiger partial charge in [0.1, 0.15) is 6.54 Å². The van der Waals surface area contributed by atoms with Crippen LogP contribution >= 0.6 is 0 Å². The molecule has 2 rings (SSSR count). The minimum atomic E-state index is 0.0300. The van der Waals surface area contributed by atoms with Gasteiger partial charge in [0.05, 0.1) is 0 Å². The van der Waals surface area contributed by atoms with Crippen molar-refractivity contribution in [2.75, 3.05) is 40.3 Å². The van der Waals surface area contributed by atoms with E-state index >= 15 is 0 Å². The number of nitrogens with zero attached hydrogens (tertiary/aromatic N) is 3. The first-order chi connectivity index (χ1) is 11.6. The predicted octanol–water partition coefficient (Wildman–Crippen LogP) is 1.99. The summed E-state index contributed by atoms with van der Waals surface area (Å²) in [6.07, 6.45) is 3.40. The average molecular weight is 330 g/mol. The number of aliphatic imine (C=N–C) groups is 1. The van der Waals surface area contributed by atoms with Crippen LogP contribution in [-0.2, 0) is 11.2 Å². The molecule has 132 valence electrons. The molecule has 0 aromatic heterocycles. The van der Waals surface area contributed by atoms with Crippen LogP contribution in [0, 0.1) is 5.92 Å². The Labute approximate surface area is 145 Å². The van der Waals surface area contributed by atoms with Crippen molar-refractivity contribution in [3.63, 3.8) is 0 Å². The second-order valence-corrected chi connectivity index (χ2v) is 6.78. The lowest BCUT2D eigenvalue weighted by atomic mass is 10.0. The quantitative estimate of drug-likeness (QED) is 0.663. The molecule has 1 aromatic rings. The zero-order valence-electron chi connectivity index (χ0n) is 15.2. The highest BCUT2D eigenvalue weighted by Crippen LogP contribution is 2.15. The van der Waals surface area contributed by atoms with E-state index in [-0.39, 0.29) is 12.5 Å². The van der Waals surface area contributed by atoms with Crippen LogP contribution in [-0.4, -0.2) is 61.9 Å². The number of amides is 1. The van der Waals surface area contributed by atoms with Crippen LogP contribution in [0.4, 0.5) is 0 Å². The Kier molecular flexibility index (Phi) is 7.09. The van der Waals surface area contributed by atoms with Crippen molar-refractivity contribution in [2.24, 2.45) is 10.9 Å². The Hall–Kier alpha value is -2.04. The predicted molar refractivity (Wildman–Crippen MR) is 99.1 cm³/mol. The zero-order chi connectivity index (χ0) is 17.4. The summed E-state index contributed by atoms with van der Waals surface area (Å²) in [6.45, 7) is 5.32. The minimum Gasteiger partial charge on any atom is -0.356 e. The van der Waals surface area contributed by atoms with Crippen LogP contribution < -0.4 is 5.32 Å². The van der Waals surface area contributed by atoms with E-state index < -0.39 is 0 Å². The van der Waals surface area contributed by atoms with Gasteiger partial charge in [-0.15, -0.1) is 0 Å². The van der Waals surface area contributed by atoms with Crippen molar-refractivity contribution in [3.05, 3.63) is 35.9 Å². The van der Waals surface area contributed by atoms with Crippen molar-refractivity contribution < 1.29 is 4.79 Å². The molecular weight excluding hydrogens is 300 g/mol. The molecule has 1 aromatic carbocycles. The number of nitrogens with one attached hydrogen (secondary N) is 1. The van der Waals surface area contributed by atoms with Crippen LogP contribution in [0.25, 0.3) is 0 Å². The third-order valence-corrected chi connectivity index (χ3v) is 4.36. The normalized spacial score (nSPS) is 18.4. The van der Waals surface area contributed by atoms with Crippen molar-refractivity contribution in [2.45, 2.75) is 26.2 Å². The topological polar surface area (TPSA) is 47.9 Å². The molecule has 1 N–H and O–H groups in total. The highest BCUT2D eigenvalue weighted by Gasteiger charge is 2.19. The molecule has 0 aliphatic carbocycles. The third-order valence-electron chi connectivity index (χ3n) is 4.36. The van der Waals surface area contributed by atoms with Gasteiger partial charge >= 0.3 is 0 Å². The largest absolute Gasteiger partial charge is 0.356 e. The van der Waals surface area contributed by atoms with E-state index in [1.807, 2.05) is 6.07 Å². The number of benzene rings is 1. The number of likely N-dealkylation sites (tertiary alicyclic amines) is 1. The highest BCUT2D eigenvalue weighted by molar-refractivity contribution is 5.84. The molecule has 1 saturated heterocycles. The van der Waals surface area contributed by atoms with Gasteiger partial charge in [0.25, 0.3) is 0 Å². The number of likely N-dealkylation sites (N-methyl/N-ethyl adjacent to an activating group) is 1. The third kappa shape index (κ3) is 5.87. The molecule has 0 bridgehead atoms. The van der Waals surface area contributed by atoms with Gasteiger partial charge in [-0.25, -0.2) is 4.99 Å². The first kappa shape index (κ1) is 18.3. The monoisotopic (exact) mass is 330 g/mol. The maximum absolute atomic E-state index is 11.9. The Bertz CT molecular complexity index is 542. The van der Waals surface area contributed by atoms with E-state index in [4.69, 9.17) is 0 Å². The molecule has 5 heteroatoms. The summed E-state index contributed by atoms with van der Waals surface area (Å²) in [7, 11) is 3.53. The van der Waals surface area contributed by atoms with Gasteiger partial charge in [0, 0.05) is 33.7 Å². The lowest BCUT2D eigenvalue weighted by Gasteiger charge is -2.33. The SMILES string of the molecule is CC1CCCN(C(=NCC(=O)N(C)C)NCCc2ccccc2)C1. The molecule has 1 unspecified atom stereocenters. The molecule has 1 amide bonds. The average Bonchev–Trinajstić information content (AvgIpc) is 2.58. The lowest BCUT2D eigenvalue weighted by Crippen LogP contribution is -2.47. The zero-order valence-corrected chi connectivity index (χ0v) is 15.2. The number of rotatable bonds is 5. The Morgan fingerprint density at radius 3 is 2.75 bits per heavy atom. The Balaban J connectivity index is 1.96. The van der Waals surface area contributed by atoms with Gasteiger partial charge < -0.3 is 15.1 Å². The first-order valence-electron chi connectivity index (χ1n) is 8.83. The summed E-state index contributed by atoms with van der Waals surface area (Å²) >= 11 is 0. The molecule has 1 aliphatic rings. The van der Waals surface area contributed by atoms with Gasteiger partial charge in [-0.1, -0.05) is 37.3 Å². The summed E-state index contributed by atoms with van der Waals surface area (Å²) in [5.74, 6) is 1.57. The Morgan fingerprint density at radius 1 is 1.33 bits per heavy atom. The molecule has 1 fully saturated rings. The maximum Gasteiger partial charge on any atom is 0.243 e. The second kappa shape index (κ2) is 9.30. The van der Waals surface area contributed by atoms with Gasteiger partial charge in [0.15, 0.2) is 5.96 Å². The van der Waals surface area contributed by atoms with E-state index in [9.17, 15) is 4.79 Å². The van der Waals surface area contributed by atoms with Crippen LogP contribution in [0.3, 0.4) is 0 Å². The van der Waals surface area contributed by atoms with Crippen LogP contribution in [0.1, 0.15) is 25.3 Å². The highest BCUT2D eigenvalue weighted by atomic mass is 16.2. The summed E-state index contributed by atoms with van der Waals surface area (Å²) in [6, 6.07) is 10.4. The van der Waals surface area contributed by atoms with E-state index in [1.54, 1.807) is 19.0 Å². The van der Waals surface area contributed by atoms with E-state index in [0.29, 0.717) is 5.92 Å².